The molecular weight excluding hydrogens is 194 g/mol. The molecule has 14 heavy (non-hydrogen) atoms. The predicted octanol–water partition coefficient (Wildman–Crippen LogP) is 2.27. The van der Waals surface area contributed by atoms with Gasteiger partial charge in [-0.2, -0.15) is 0 Å². The second kappa shape index (κ2) is 3.75. The van der Waals surface area contributed by atoms with E-state index in [1.165, 1.54) is 0 Å². The lowest BCUT2D eigenvalue weighted by molar-refractivity contribution is 1.07. The van der Waals surface area contributed by atoms with Crippen LogP contribution in [0.25, 0.3) is 11.3 Å². The molecule has 0 bridgehead atoms. The molecule has 4 heteroatoms. The van der Waals surface area contributed by atoms with Crippen molar-refractivity contribution in [3.05, 3.63) is 29.2 Å². The Balaban J connectivity index is 2.53. The van der Waals surface area contributed by atoms with Crippen LogP contribution in [0.2, 0.25) is 0 Å². The quantitative estimate of drug-likeness (QED) is 0.753. The summed E-state index contributed by atoms with van der Waals surface area (Å²) in [6.07, 6.45) is 1.80. The lowest BCUT2D eigenvalue weighted by Gasteiger charge is -2.14. The maximum Gasteiger partial charge on any atom is 0.137 e. The normalized spacial score (nSPS) is 10.1. The van der Waals surface area contributed by atoms with Gasteiger partial charge < -0.3 is 4.90 Å². The Hall–Kier alpha value is -1.42. The Morgan fingerprint density at radius 1 is 1.29 bits per heavy atom. The van der Waals surface area contributed by atoms with Crippen molar-refractivity contribution in [2.75, 3.05) is 19.0 Å². The maximum atomic E-state index is 4.32. The van der Waals surface area contributed by atoms with Gasteiger partial charge in [-0.1, -0.05) is 0 Å². The first kappa shape index (κ1) is 9.15. The number of thiazole rings is 1. The van der Waals surface area contributed by atoms with Crippen LogP contribution in [0.4, 0.5) is 5.82 Å². The fraction of sp³-hybridized carbons (Fsp3) is 0.200. The molecule has 0 aliphatic rings. The molecule has 0 unspecified atom stereocenters. The lowest BCUT2D eigenvalue weighted by atomic mass is 10.2. The summed E-state index contributed by atoms with van der Waals surface area (Å²) in [5, 5.41) is 2.03. The molecule has 0 radical (unpaired) electrons. The van der Waals surface area contributed by atoms with Crippen LogP contribution in [0.5, 0.6) is 0 Å². The van der Waals surface area contributed by atoms with Crippen LogP contribution in [0.3, 0.4) is 0 Å². The summed E-state index contributed by atoms with van der Waals surface area (Å²) in [7, 11) is 3.97. The highest BCUT2D eigenvalue weighted by molar-refractivity contribution is 7.07. The summed E-state index contributed by atoms with van der Waals surface area (Å²) >= 11 is 1.60. The molecule has 3 nitrogen and oxygen atoms in total. The number of pyridine rings is 1. The molecule has 0 fully saturated rings. The Kier molecular flexibility index (Phi) is 2.45. The van der Waals surface area contributed by atoms with Gasteiger partial charge in [-0.25, -0.2) is 9.97 Å². The molecule has 0 amide bonds. The van der Waals surface area contributed by atoms with E-state index in [1.807, 2.05) is 42.0 Å². The monoisotopic (exact) mass is 205 g/mol. The van der Waals surface area contributed by atoms with Crippen molar-refractivity contribution in [3.8, 4) is 11.3 Å². The van der Waals surface area contributed by atoms with Crippen molar-refractivity contribution in [1.82, 2.24) is 9.97 Å². The molecule has 0 aromatic carbocycles. The van der Waals surface area contributed by atoms with Gasteiger partial charge in [0.05, 0.1) is 11.2 Å². The van der Waals surface area contributed by atoms with Crippen LogP contribution in [0.1, 0.15) is 0 Å². The average Bonchev–Trinajstić information content (AvgIpc) is 2.70. The van der Waals surface area contributed by atoms with E-state index >= 15 is 0 Å². The highest BCUT2D eigenvalue weighted by Gasteiger charge is 2.08. The fourth-order valence-electron chi connectivity index (χ4n) is 1.30. The zero-order chi connectivity index (χ0) is 9.97. The third-order valence-electron chi connectivity index (χ3n) is 1.92. The van der Waals surface area contributed by atoms with Gasteiger partial charge in [0, 0.05) is 31.2 Å². The Labute approximate surface area is 87.1 Å². The number of hydrogen-bond acceptors (Lipinski definition) is 4. The molecule has 2 aromatic rings. The van der Waals surface area contributed by atoms with E-state index in [0.29, 0.717) is 0 Å². The van der Waals surface area contributed by atoms with Crippen molar-refractivity contribution >= 4 is 17.2 Å². The summed E-state index contributed by atoms with van der Waals surface area (Å²) in [6, 6.07) is 3.97. The summed E-state index contributed by atoms with van der Waals surface area (Å²) in [4.78, 5) is 10.6. The molecule has 0 N–H and O–H groups in total. The van der Waals surface area contributed by atoms with Gasteiger partial charge in [-0.3, -0.25) is 0 Å². The summed E-state index contributed by atoms with van der Waals surface area (Å²) < 4.78 is 0. The van der Waals surface area contributed by atoms with Crippen molar-refractivity contribution in [1.29, 1.82) is 0 Å². The van der Waals surface area contributed by atoms with Gasteiger partial charge in [0.2, 0.25) is 0 Å². The van der Waals surface area contributed by atoms with Crippen molar-refractivity contribution in [3.63, 3.8) is 0 Å². The minimum Gasteiger partial charge on any atom is -0.362 e. The second-order valence-electron chi connectivity index (χ2n) is 3.14. The van der Waals surface area contributed by atoms with Crippen LogP contribution < -0.4 is 4.90 Å². The number of hydrogen-bond donors (Lipinski definition) is 0. The SMILES string of the molecule is CN(C)c1ncccc1-c1cscn1. The molecular formula is C10H11N3S. The van der Waals surface area contributed by atoms with E-state index < -0.39 is 0 Å². The standard InChI is InChI=1S/C10H11N3S/c1-13(2)10-8(4-3-5-11-10)9-6-14-7-12-9/h3-7H,1-2H3. The third kappa shape index (κ3) is 1.61. The summed E-state index contributed by atoms with van der Waals surface area (Å²) in [6.45, 7) is 0. The Morgan fingerprint density at radius 2 is 2.14 bits per heavy atom. The van der Waals surface area contributed by atoms with E-state index in [-0.39, 0.29) is 0 Å². The van der Waals surface area contributed by atoms with Crippen LogP contribution in [0, 0.1) is 0 Å². The summed E-state index contributed by atoms with van der Waals surface area (Å²) in [5.74, 6) is 0.957. The number of nitrogens with zero attached hydrogens (tertiary/aromatic N) is 3. The van der Waals surface area contributed by atoms with E-state index in [4.69, 9.17) is 0 Å². The maximum absolute atomic E-state index is 4.32. The molecule has 0 saturated carbocycles. The van der Waals surface area contributed by atoms with Crippen LogP contribution in [-0.4, -0.2) is 24.1 Å². The second-order valence-corrected chi connectivity index (χ2v) is 3.86. The Bertz CT molecular complexity index is 409. The molecule has 0 aliphatic heterocycles. The molecule has 72 valence electrons. The first-order chi connectivity index (χ1) is 6.79. The largest absolute Gasteiger partial charge is 0.362 e. The number of rotatable bonds is 2. The first-order valence-electron chi connectivity index (χ1n) is 4.30. The third-order valence-corrected chi connectivity index (χ3v) is 2.51. The van der Waals surface area contributed by atoms with Gasteiger partial charge in [-0.05, 0) is 12.1 Å². The smallest absolute Gasteiger partial charge is 0.137 e. The van der Waals surface area contributed by atoms with E-state index in [9.17, 15) is 0 Å². The van der Waals surface area contributed by atoms with E-state index in [1.54, 1.807) is 17.5 Å². The molecule has 2 heterocycles. The minimum atomic E-state index is 0.957. The highest BCUT2D eigenvalue weighted by Crippen LogP contribution is 2.26. The highest BCUT2D eigenvalue weighted by atomic mass is 32.1. The molecule has 0 atom stereocenters. The first-order valence-corrected chi connectivity index (χ1v) is 5.24. The fourth-order valence-corrected chi connectivity index (χ4v) is 1.85. The average molecular weight is 205 g/mol. The van der Waals surface area contributed by atoms with E-state index in [0.717, 1.165) is 17.1 Å². The van der Waals surface area contributed by atoms with Crippen molar-refractivity contribution in [2.45, 2.75) is 0 Å². The van der Waals surface area contributed by atoms with E-state index in [2.05, 4.69) is 9.97 Å². The van der Waals surface area contributed by atoms with Gasteiger partial charge in [0.1, 0.15) is 5.82 Å². The number of aromatic nitrogens is 2. The minimum absolute atomic E-state index is 0.957. The van der Waals surface area contributed by atoms with Crippen LogP contribution >= 0.6 is 11.3 Å². The van der Waals surface area contributed by atoms with Crippen molar-refractivity contribution in [2.24, 2.45) is 0 Å². The molecule has 0 spiro atoms. The zero-order valence-electron chi connectivity index (χ0n) is 8.14. The van der Waals surface area contributed by atoms with Gasteiger partial charge in [0.15, 0.2) is 0 Å². The van der Waals surface area contributed by atoms with Gasteiger partial charge >= 0.3 is 0 Å². The Morgan fingerprint density at radius 3 is 2.79 bits per heavy atom. The van der Waals surface area contributed by atoms with Crippen molar-refractivity contribution < 1.29 is 0 Å². The van der Waals surface area contributed by atoms with Crippen LogP contribution in [-0.2, 0) is 0 Å². The van der Waals surface area contributed by atoms with Gasteiger partial charge in [0.25, 0.3) is 0 Å². The zero-order valence-corrected chi connectivity index (χ0v) is 8.95. The molecule has 0 aliphatic carbocycles. The molecule has 2 aromatic heterocycles. The number of anilines is 1. The predicted molar refractivity (Wildman–Crippen MR) is 59.7 cm³/mol. The van der Waals surface area contributed by atoms with Crippen LogP contribution in [0.15, 0.2) is 29.2 Å². The summed E-state index contributed by atoms with van der Waals surface area (Å²) in [5.41, 5.74) is 3.91. The molecule has 2 rings (SSSR count). The lowest BCUT2D eigenvalue weighted by Crippen LogP contribution is -2.11. The van der Waals surface area contributed by atoms with Gasteiger partial charge in [-0.15, -0.1) is 11.3 Å². The topological polar surface area (TPSA) is 29.0 Å². The molecule has 0 saturated heterocycles.